The zero-order valence-corrected chi connectivity index (χ0v) is 11.8. The molecule has 0 aliphatic carbocycles. The molecule has 0 fully saturated rings. The minimum absolute atomic E-state index is 0. The van der Waals surface area contributed by atoms with Crippen molar-refractivity contribution in [2.45, 2.75) is 39.2 Å². The molecule has 1 N–H and O–H groups in total. The van der Waals surface area contributed by atoms with E-state index in [1.165, 1.54) is 0 Å². The van der Waals surface area contributed by atoms with E-state index in [1.807, 2.05) is 18.2 Å². The highest BCUT2D eigenvalue weighted by molar-refractivity contribution is 5.85. The van der Waals surface area contributed by atoms with Crippen LogP contribution in [0.2, 0.25) is 0 Å². The zero-order valence-electron chi connectivity index (χ0n) is 11.0. The van der Waals surface area contributed by atoms with Gasteiger partial charge in [0.25, 0.3) is 0 Å². The maximum atomic E-state index is 10.5. The van der Waals surface area contributed by atoms with Crippen molar-refractivity contribution in [2.75, 3.05) is 0 Å². The first-order chi connectivity index (χ1) is 8.72. The van der Waals surface area contributed by atoms with Gasteiger partial charge in [0.2, 0.25) is 0 Å². The number of nitrogens with zero attached hydrogens (tertiary/aromatic N) is 2. The fraction of sp³-hybridized carbons (Fsp3) is 0.429. The van der Waals surface area contributed by atoms with Crippen molar-refractivity contribution in [2.24, 2.45) is 0 Å². The Balaban J connectivity index is 0.00000180. The molecule has 0 atom stereocenters. The molecule has 5 heteroatoms. The number of aromatic nitrogens is 2. The number of halogens is 1. The molecule has 1 aromatic heterocycles. The van der Waals surface area contributed by atoms with Gasteiger partial charge in [-0.2, -0.15) is 0 Å². The molecule has 0 spiro atoms. The molecule has 4 nitrogen and oxygen atoms in total. The van der Waals surface area contributed by atoms with Crippen LogP contribution < -0.4 is 0 Å². The molecule has 1 aromatic carbocycles. The Morgan fingerprint density at radius 3 is 2.79 bits per heavy atom. The first-order valence-corrected chi connectivity index (χ1v) is 6.38. The quantitative estimate of drug-likeness (QED) is 0.885. The zero-order chi connectivity index (χ0) is 13.0. The molecule has 0 unspecified atom stereocenters. The summed E-state index contributed by atoms with van der Waals surface area (Å²) in [5.74, 6) is 0.257. The SMILES string of the molecule is CCCn1c(CCCC(=O)O)nc2ccccc21.Cl. The Morgan fingerprint density at radius 1 is 1.37 bits per heavy atom. The number of rotatable bonds is 6. The molecule has 0 radical (unpaired) electrons. The number of carboxylic acid groups (broad SMARTS) is 1. The molecule has 104 valence electrons. The lowest BCUT2D eigenvalue weighted by Gasteiger charge is -2.06. The Morgan fingerprint density at radius 2 is 2.11 bits per heavy atom. The summed E-state index contributed by atoms with van der Waals surface area (Å²) in [4.78, 5) is 15.1. The average molecular weight is 283 g/mol. The molecule has 19 heavy (non-hydrogen) atoms. The maximum Gasteiger partial charge on any atom is 0.303 e. The summed E-state index contributed by atoms with van der Waals surface area (Å²) < 4.78 is 2.21. The molecule has 0 saturated heterocycles. The third-order valence-electron chi connectivity index (χ3n) is 2.97. The fourth-order valence-electron chi connectivity index (χ4n) is 2.19. The molecule has 1 heterocycles. The van der Waals surface area contributed by atoms with Crippen LogP contribution in [0, 0.1) is 0 Å². The number of aliphatic carboxylic acids is 1. The Hall–Kier alpha value is -1.55. The second-order valence-corrected chi connectivity index (χ2v) is 4.42. The van der Waals surface area contributed by atoms with E-state index in [2.05, 4.69) is 22.5 Å². The van der Waals surface area contributed by atoms with Crippen LogP contribution in [0.1, 0.15) is 32.0 Å². The fourth-order valence-corrected chi connectivity index (χ4v) is 2.19. The highest BCUT2D eigenvalue weighted by Gasteiger charge is 2.09. The second-order valence-electron chi connectivity index (χ2n) is 4.42. The number of fused-ring (bicyclic) bond motifs is 1. The van der Waals surface area contributed by atoms with E-state index >= 15 is 0 Å². The largest absolute Gasteiger partial charge is 0.481 e. The van der Waals surface area contributed by atoms with Gasteiger partial charge in [-0.15, -0.1) is 12.4 Å². The summed E-state index contributed by atoms with van der Waals surface area (Å²) in [5, 5.41) is 8.68. The van der Waals surface area contributed by atoms with Crippen molar-refractivity contribution < 1.29 is 9.90 Å². The number of aryl methyl sites for hydroxylation is 2. The van der Waals surface area contributed by atoms with E-state index in [4.69, 9.17) is 5.11 Å². The molecule has 0 amide bonds. The van der Waals surface area contributed by atoms with Crippen LogP contribution in [0.25, 0.3) is 11.0 Å². The summed E-state index contributed by atoms with van der Waals surface area (Å²) in [6.45, 7) is 3.07. The number of carbonyl (C=O) groups is 1. The third kappa shape index (κ3) is 3.70. The van der Waals surface area contributed by atoms with Crippen molar-refractivity contribution in [1.82, 2.24) is 9.55 Å². The molecule has 2 rings (SSSR count). The van der Waals surface area contributed by atoms with Gasteiger partial charge in [-0.25, -0.2) is 4.98 Å². The van der Waals surface area contributed by atoms with E-state index in [0.717, 1.165) is 36.2 Å². The average Bonchev–Trinajstić information content (AvgIpc) is 2.68. The molecule has 0 aliphatic rings. The van der Waals surface area contributed by atoms with Crippen LogP contribution in [0.3, 0.4) is 0 Å². The Kier molecular flexibility index (Phi) is 5.83. The molecule has 2 aromatic rings. The van der Waals surface area contributed by atoms with Gasteiger partial charge in [0.15, 0.2) is 0 Å². The maximum absolute atomic E-state index is 10.5. The molecule has 0 bridgehead atoms. The summed E-state index contributed by atoms with van der Waals surface area (Å²) in [5.41, 5.74) is 2.14. The van der Waals surface area contributed by atoms with Gasteiger partial charge in [-0.05, 0) is 25.0 Å². The van der Waals surface area contributed by atoms with Crippen molar-refractivity contribution >= 4 is 29.4 Å². The summed E-state index contributed by atoms with van der Waals surface area (Å²) in [7, 11) is 0. The Bertz CT molecular complexity index is 551. The number of carboxylic acids is 1. The van der Waals surface area contributed by atoms with Crippen LogP contribution in [-0.4, -0.2) is 20.6 Å². The van der Waals surface area contributed by atoms with Crippen LogP contribution in [0.4, 0.5) is 0 Å². The molecule has 0 aliphatic heterocycles. The minimum Gasteiger partial charge on any atom is -0.481 e. The van der Waals surface area contributed by atoms with Gasteiger partial charge in [-0.3, -0.25) is 4.79 Å². The number of imidazole rings is 1. The number of hydrogen-bond donors (Lipinski definition) is 1. The van der Waals surface area contributed by atoms with Crippen LogP contribution in [-0.2, 0) is 17.8 Å². The summed E-state index contributed by atoms with van der Waals surface area (Å²) in [6.07, 6.45) is 2.62. The van der Waals surface area contributed by atoms with E-state index in [0.29, 0.717) is 6.42 Å². The predicted molar refractivity (Wildman–Crippen MR) is 77.8 cm³/mol. The lowest BCUT2D eigenvalue weighted by atomic mass is 10.2. The van der Waals surface area contributed by atoms with Gasteiger partial charge in [0, 0.05) is 19.4 Å². The molecular weight excluding hydrogens is 264 g/mol. The van der Waals surface area contributed by atoms with Gasteiger partial charge >= 0.3 is 5.97 Å². The van der Waals surface area contributed by atoms with Crippen LogP contribution in [0.15, 0.2) is 24.3 Å². The number of hydrogen-bond acceptors (Lipinski definition) is 2. The monoisotopic (exact) mass is 282 g/mol. The lowest BCUT2D eigenvalue weighted by Crippen LogP contribution is -2.05. The first kappa shape index (κ1) is 15.5. The topological polar surface area (TPSA) is 55.1 Å². The van der Waals surface area contributed by atoms with Gasteiger partial charge in [0.05, 0.1) is 11.0 Å². The van der Waals surface area contributed by atoms with Crippen LogP contribution >= 0.6 is 12.4 Å². The number of benzene rings is 1. The molecule has 0 saturated carbocycles. The number of para-hydroxylation sites is 2. The van der Waals surface area contributed by atoms with Gasteiger partial charge < -0.3 is 9.67 Å². The van der Waals surface area contributed by atoms with E-state index in [1.54, 1.807) is 0 Å². The Labute approximate surface area is 118 Å². The van der Waals surface area contributed by atoms with Crippen LogP contribution in [0.5, 0.6) is 0 Å². The molecular formula is C14H19ClN2O2. The van der Waals surface area contributed by atoms with Crippen molar-refractivity contribution in [3.05, 3.63) is 30.1 Å². The standard InChI is InChI=1S/C14H18N2O2.ClH/c1-2-10-16-12-7-4-3-6-11(12)15-13(16)8-5-9-14(17)18;/h3-4,6-7H,2,5,8-10H2,1H3,(H,17,18);1H. The second kappa shape index (κ2) is 7.14. The van der Waals surface area contributed by atoms with Gasteiger partial charge in [0.1, 0.15) is 5.82 Å². The minimum atomic E-state index is -0.742. The van der Waals surface area contributed by atoms with Crippen molar-refractivity contribution in [3.63, 3.8) is 0 Å². The first-order valence-electron chi connectivity index (χ1n) is 6.38. The smallest absolute Gasteiger partial charge is 0.303 e. The van der Waals surface area contributed by atoms with Crippen molar-refractivity contribution in [3.8, 4) is 0 Å². The predicted octanol–water partition coefficient (Wildman–Crippen LogP) is 3.28. The third-order valence-corrected chi connectivity index (χ3v) is 2.97. The lowest BCUT2D eigenvalue weighted by molar-refractivity contribution is -0.137. The highest BCUT2D eigenvalue weighted by Crippen LogP contribution is 2.18. The van der Waals surface area contributed by atoms with Gasteiger partial charge in [-0.1, -0.05) is 19.1 Å². The van der Waals surface area contributed by atoms with E-state index < -0.39 is 5.97 Å². The normalized spacial score (nSPS) is 10.4. The van der Waals surface area contributed by atoms with Crippen molar-refractivity contribution in [1.29, 1.82) is 0 Å². The highest BCUT2D eigenvalue weighted by atomic mass is 35.5. The summed E-state index contributed by atoms with van der Waals surface area (Å²) >= 11 is 0. The summed E-state index contributed by atoms with van der Waals surface area (Å²) in [6, 6.07) is 8.06. The van der Waals surface area contributed by atoms with E-state index in [-0.39, 0.29) is 18.8 Å². The van der Waals surface area contributed by atoms with E-state index in [9.17, 15) is 4.79 Å².